The molecule has 13 nitrogen and oxygen atoms in total. The number of carboxylic acids is 1. The molecule has 558 valence electrons. The maximum absolute atomic E-state index is 12.9. The predicted molar refractivity (Wildman–Crippen MR) is 442 cm³/mol. The van der Waals surface area contributed by atoms with E-state index in [0.717, 1.165) is 61.2 Å². The van der Waals surface area contributed by atoms with Crippen LogP contribution in [0.25, 0.3) is 33.4 Å². The molecule has 4 atom stereocenters. The number of rotatable bonds is 31. The highest BCUT2D eigenvalue weighted by molar-refractivity contribution is 5.81. The van der Waals surface area contributed by atoms with Crippen LogP contribution in [0.15, 0.2) is 376 Å². The van der Waals surface area contributed by atoms with E-state index in [1.807, 2.05) is 279 Å². The summed E-state index contributed by atoms with van der Waals surface area (Å²) in [6, 6.07) is 122. The fourth-order valence-corrected chi connectivity index (χ4v) is 11.8. The number of carboxylic acid groups (broad SMARTS) is 1. The van der Waals surface area contributed by atoms with E-state index < -0.39 is 30.1 Å². The topological polar surface area (TPSA) is 190 Å². The Balaban J connectivity index is 0.000000172. The zero-order valence-electron chi connectivity index (χ0n) is 61.1. The molecular weight excluding hydrogens is 1360 g/mol. The summed E-state index contributed by atoms with van der Waals surface area (Å²) < 4.78 is 10.8. The third kappa shape index (κ3) is 28.7. The largest absolute Gasteiger partial charge is 0.480 e. The van der Waals surface area contributed by atoms with Crippen LogP contribution in [0.1, 0.15) is 63.1 Å². The first-order chi connectivity index (χ1) is 53.5. The van der Waals surface area contributed by atoms with Gasteiger partial charge in [-0.1, -0.05) is 384 Å². The van der Waals surface area contributed by atoms with Crippen molar-refractivity contribution in [3.63, 3.8) is 0 Å². The minimum Gasteiger partial charge on any atom is -0.480 e. The van der Waals surface area contributed by atoms with Gasteiger partial charge in [0.2, 0.25) is 0 Å². The Morgan fingerprint density at radius 1 is 0.273 bits per heavy atom. The quantitative estimate of drug-likeness (QED) is 0.0178. The van der Waals surface area contributed by atoms with Gasteiger partial charge in [0.25, 0.3) is 5.91 Å². The predicted octanol–water partition coefficient (Wildman–Crippen LogP) is 18.2. The van der Waals surface area contributed by atoms with Gasteiger partial charge < -0.3 is 36.3 Å². The van der Waals surface area contributed by atoms with Gasteiger partial charge in [-0.05, 0) is 115 Å². The Morgan fingerprint density at radius 3 is 0.845 bits per heavy atom. The minimum atomic E-state index is -0.829. The van der Waals surface area contributed by atoms with Crippen LogP contribution in [0.5, 0.6) is 0 Å². The second kappa shape index (κ2) is 45.9. The van der Waals surface area contributed by atoms with Gasteiger partial charge in [0.05, 0.1) is 12.6 Å². The van der Waals surface area contributed by atoms with Crippen LogP contribution in [0.2, 0.25) is 0 Å². The summed E-state index contributed by atoms with van der Waals surface area (Å²) >= 11 is 0. The van der Waals surface area contributed by atoms with Crippen LogP contribution in [0.4, 0.5) is 0 Å². The Hall–Kier alpha value is -12.5. The number of nitrogens with one attached hydrogen (secondary N) is 4. The fourth-order valence-electron chi connectivity index (χ4n) is 11.8. The number of esters is 2. The molecule has 13 rings (SSSR count). The van der Waals surface area contributed by atoms with Crippen molar-refractivity contribution in [3.8, 4) is 33.4 Å². The Kier molecular flexibility index (Phi) is 34.1. The number of hydrogen-bond donors (Lipinski definition) is 6. The van der Waals surface area contributed by atoms with Crippen molar-refractivity contribution >= 4 is 23.8 Å². The standard InChI is InChI=1S/C29H28N2O2.C29H27NO2.C22H21NO2.C16H17NO2.CH4/c32-29(31-33-22-25-12-6-2-7-13-25)28(20-23-10-4-1-5-11-23)30-21-24-16-18-27(19-17-24)26-14-8-3-9-15-26;31-29(32-22-25-12-6-2-7-13-25)28(20-23-10-4-1-5-11-23)30-21-24-16-18-27(19-17-24)26-14-8-3-9-15-26;24-22(25)21(15-17-7-3-1-4-8-17)23-16-18-11-13-20(14-12-18)19-9-5-2-6-10-19;17-15(11-13-7-3-1-4-8-13)16(18)19-12-14-9-5-2-6-10-14;/h1-19,28,30H,20-22H2,(H,31,32);1-19,28,30H,20-22H2;1-14,21,23H,15-16H2,(H,24,25);1-10,15H,11-12,17H2;1H4. The van der Waals surface area contributed by atoms with E-state index in [2.05, 4.69) is 118 Å². The Morgan fingerprint density at radius 2 is 0.518 bits per heavy atom. The van der Waals surface area contributed by atoms with Crippen molar-refractivity contribution in [2.45, 2.75) is 96.7 Å². The highest BCUT2D eigenvalue weighted by atomic mass is 16.7. The van der Waals surface area contributed by atoms with Crippen LogP contribution >= 0.6 is 0 Å². The molecule has 0 aliphatic rings. The lowest BCUT2D eigenvalue weighted by molar-refractivity contribution is -0.148. The first-order valence-electron chi connectivity index (χ1n) is 36.7. The summed E-state index contributed by atoms with van der Waals surface area (Å²) in [6.45, 7) is 2.57. The number of hydroxylamine groups is 1. The van der Waals surface area contributed by atoms with Crippen molar-refractivity contribution in [1.29, 1.82) is 0 Å². The molecule has 0 heterocycles. The summed E-state index contributed by atoms with van der Waals surface area (Å²) in [5.74, 6) is -1.62. The van der Waals surface area contributed by atoms with E-state index in [-0.39, 0.29) is 38.5 Å². The highest BCUT2D eigenvalue weighted by Crippen LogP contribution is 2.23. The zero-order chi connectivity index (χ0) is 75.7. The molecule has 0 spiro atoms. The molecule has 0 saturated heterocycles. The van der Waals surface area contributed by atoms with E-state index in [1.165, 1.54) is 27.8 Å². The van der Waals surface area contributed by atoms with E-state index in [4.69, 9.17) is 20.0 Å². The molecule has 13 heteroatoms. The van der Waals surface area contributed by atoms with Gasteiger partial charge >= 0.3 is 17.9 Å². The molecule has 0 radical (unpaired) electrons. The van der Waals surface area contributed by atoms with Crippen molar-refractivity contribution in [2.24, 2.45) is 5.73 Å². The van der Waals surface area contributed by atoms with E-state index >= 15 is 0 Å². The average molecular weight is 1460 g/mol. The molecule has 7 N–H and O–H groups in total. The number of aliphatic carboxylic acids is 1. The molecule has 0 aliphatic carbocycles. The first-order valence-corrected chi connectivity index (χ1v) is 36.7. The number of hydrogen-bond acceptors (Lipinski definition) is 11. The van der Waals surface area contributed by atoms with Gasteiger partial charge in [0.15, 0.2) is 0 Å². The van der Waals surface area contributed by atoms with Gasteiger partial charge in [-0.15, -0.1) is 0 Å². The molecule has 0 bridgehead atoms. The summed E-state index contributed by atoms with van der Waals surface area (Å²) in [4.78, 5) is 54.5. The van der Waals surface area contributed by atoms with Crippen molar-refractivity contribution < 1.29 is 38.6 Å². The van der Waals surface area contributed by atoms with E-state index in [9.17, 15) is 24.3 Å². The number of carbonyl (C=O) groups is 4. The molecule has 13 aromatic carbocycles. The van der Waals surface area contributed by atoms with Crippen molar-refractivity contribution in [1.82, 2.24) is 21.4 Å². The molecule has 1 amide bonds. The number of ether oxygens (including phenoxy) is 2. The lowest BCUT2D eigenvalue weighted by Gasteiger charge is -2.19. The average Bonchev–Trinajstić information content (AvgIpc) is 0.871. The molecular formula is C97H97N5O8. The number of nitrogens with two attached hydrogens (primary N) is 1. The monoisotopic (exact) mass is 1460 g/mol. The number of benzene rings is 13. The minimum absolute atomic E-state index is 0. The Bertz CT molecular complexity index is 4720. The van der Waals surface area contributed by atoms with Crippen LogP contribution in [-0.2, 0) is 98.6 Å². The lowest BCUT2D eigenvalue weighted by Crippen LogP contribution is -2.45. The van der Waals surface area contributed by atoms with Crippen LogP contribution in [-0.4, -0.2) is 53.1 Å². The van der Waals surface area contributed by atoms with Crippen molar-refractivity contribution in [2.75, 3.05) is 0 Å². The molecule has 110 heavy (non-hydrogen) atoms. The molecule has 0 aromatic heterocycles. The summed E-state index contributed by atoms with van der Waals surface area (Å²) in [5, 5.41) is 19.4. The van der Waals surface area contributed by atoms with Gasteiger partial charge in [0, 0.05) is 19.6 Å². The van der Waals surface area contributed by atoms with Crippen LogP contribution < -0.4 is 27.2 Å². The normalized spacial score (nSPS) is 11.6. The zero-order valence-corrected chi connectivity index (χ0v) is 61.1. The summed E-state index contributed by atoms with van der Waals surface area (Å²) in [5.41, 5.74) is 26.0. The molecule has 4 unspecified atom stereocenters. The fraction of sp³-hybridized carbons (Fsp3) is 0.155. The second-order valence-electron chi connectivity index (χ2n) is 26.1. The smallest absolute Gasteiger partial charge is 0.323 e. The highest BCUT2D eigenvalue weighted by Gasteiger charge is 2.23. The molecule has 0 fully saturated rings. The number of carbonyl (C=O) groups excluding carboxylic acids is 3. The molecule has 0 saturated carbocycles. The van der Waals surface area contributed by atoms with Gasteiger partial charge in [-0.3, -0.25) is 24.0 Å². The number of amides is 1. The van der Waals surface area contributed by atoms with Gasteiger partial charge in [-0.25, -0.2) is 5.48 Å². The summed E-state index contributed by atoms with van der Waals surface area (Å²) in [6.07, 6.45) is 2.12. The van der Waals surface area contributed by atoms with Gasteiger partial charge in [0.1, 0.15) is 31.3 Å². The molecule has 13 aromatic rings. The molecule has 0 aliphatic heterocycles. The third-order valence-electron chi connectivity index (χ3n) is 17.9. The SMILES string of the molecule is C.NC(Cc1ccccc1)C(=O)OCc1ccccc1.O=C(NOCc1ccccc1)C(Cc1ccccc1)NCc1ccc(-c2ccccc2)cc1.O=C(O)C(Cc1ccccc1)NCc1ccc(-c2ccccc2)cc1.O=C(OCc1ccccc1)C(Cc1ccccc1)NCc1ccc(-c2ccccc2)cc1. The second-order valence-corrected chi connectivity index (χ2v) is 26.1. The Labute approximate surface area is 647 Å². The van der Waals surface area contributed by atoms with Crippen LogP contribution in [0, 0.1) is 0 Å². The van der Waals surface area contributed by atoms with Crippen molar-refractivity contribution in [3.05, 3.63) is 432 Å². The maximum atomic E-state index is 12.9. The van der Waals surface area contributed by atoms with E-state index in [0.29, 0.717) is 51.9 Å². The maximum Gasteiger partial charge on any atom is 0.323 e. The van der Waals surface area contributed by atoms with Crippen LogP contribution in [0.3, 0.4) is 0 Å². The summed E-state index contributed by atoms with van der Waals surface area (Å²) in [7, 11) is 0. The third-order valence-corrected chi connectivity index (χ3v) is 17.9. The first kappa shape index (κ1) is 81.6. The lowest BCUT2D eigenvalue weighted by atomic mass is 10.0. The van der Waals surface area contributed by atoms with Gasteiger partial charge in [-0.2, -0.15) is 0 Å². The van der Waals surface area contributed by atoms with E-state index in [1.54, 1.807) is 0 Å².